The Bertz CT molecular complexity index is 508. The maximum absolute atomic E-state index is 6.28. The van der Waals surface area contributed by atoms with Crippen molar-refractivity contribution in [3.63, 3.8) is 0 Å². The van der Waals surface area contributed by atoms with Crippen molar-refractivity contribution in [3.05, 3.63) is 36.2 Å². The molecule has 2 aromatic rings. The Labute approximate surface area is 109 Å². The summed E-state index contributed by atoms with van der Waals surface area (Å²) in [6.07, 6.45) is 7.25. The van der Waals surface area contributed by atoms with E-state index in [1.807, 2.05) is 29.0 Å². The van der Waals surface area contributed by atoms with Gasteiger partial charge in [-0.05, 0) is 30.4 Å². The Hall–Kier alpha value is -1.35. The zero-order chi connectivity index (χ0) is 13.2. The number of rotatable bonds is 4. The smallest absolute Gasteiger partial charge is 0.0709 e. The first kappa shape index (κ1) is 13.1. The summed E-state index contributed by atoms with van der Waals surface area (Å²) in [7, 11) is 0. The number of hydrogen-bond donors (Lipinski definition) is 1. The molecule has 0 spiro atoms. The minimum atomic E-state index is 0.0900. The zero-order valence-electron chi connectivity index (χ0n) is 11.6. The van der Waals surface area contributed by atoms with Gasteiger partial charge in [0, 0.05) is 17.8 Å². The second-order valence-electron chi connectivity index (χ2n) is 6.19. The Morgan fingerprint density at radius 3 is 2.83 bits per heavy atom. The lowest BCUT2D eigenvalue weighted by molar-refractivity contribution is 0.353. The summed E-state index contributed by atoms with van der Waals surface area (Å²) in [6, 6.07) is 6.18. The Kier molecular flexibility index (Phi) is 3.71. The summed E-state index contributed by atoms with van der Waals surface area (Å²) >= 11 is 0. The van der Waals surface area contributed by atoms with Crippen molar-refractivity contribution in [1.29, 1.82) is 0 Å². The number of nitrogens with zero attached hydrogens (tertiary/aromatic N) is 2. The van der Waals surface area contributed by atoms with E-state index < -0.39 is 0 Å². The molecule has 0 radical (unpaired) electrons. The van der Waals surface area contributed by atoms with E-state index >= 15 is 0 Å². The van der Waals surface area contributed by atoms with Gasteiger partial charge in [0.15, 0.2) is 0 Å². The minimum Gasteiger partial charge on any atom is -0.324 e. The van der Waals surface area contributed by atoms with Crippen LogP contribution in [0.3, 0.4) is 0 Å². The summed E-state index contributed by atoms with van der Waals surface area (Å²) in [5.74, 6) is 0. The van der Waals surface area contributed by atoms with Crippen LogP contribution in [-0.4, -0.2) is 9.61 Å². The van der Waals surface area contributed by atoms with Crippen molar-refractivity contribution in [3.8, 4) is 0 Å². The Morgan fingerprint density at radius 2 is 2.11 bits per heavy atom. The molecule has 2 N–H and O–H groups in total. The second-order valence-corrected chi connectivity index (χ2v) is 6.19. The standard InChI is InChI=1S/C15H23N3/c1-15(2,3)9-6-7-13(16)12-11-17-18-10-5-4-8-14(12)18/h4-5,8,10-11,13H,6-7,9,16H2,1-3H3. The second kappa shape index (κ2) is 5.11. The number of nitrogens with two attached hydrogens (primary N) is 1. The van der Waals surface area contributed by atoms with Crippen LogP contribution in [0.5, 0.6) is 0 Å². The van der Waals surface area contributed by atoms with Gasteiger partial charge in [0.1, 0.15) is 0 Å². The van der Waals surface area contributed by atoms with E-state index in [1.54, 1.807) is 0 Å². The van der Waals surface area contributed by atoms with Crippen LogP contribution in [0.4, 0.5) is 0 Å². The fourth-order valence-electron chi connectivity index (χ4n) is 2.25. The van der Waals surface area contributed by atoms with E-state index in [9.17, 15) is 0 Å². The number of aromatic nitrogens is 2. The van der Waals surface area contributed by atoms with Gasteiger partial charge in [-0.25, -0.2) is 4.52 Å². The summed E-state index contributed by atoms with van der Waals surface area (Å²) in [4.78, 5) is 0. The molecule has 0 fully saturated rings. The van der Waals surface area contributed by atoms with Crippen molar-refractivity contribution in [2.45, 2.75) is 46.1 Å². The summed E-state index contributed by atoms with van der Waals surface area (Å²) < 4.78 is 1.89. The fraction of sp³-hybridized carbons (Fsp3) is 0.533. The first-order valence-electron chi connectivity index (χ1n) is 6.65. The number of hydrogen-bond acceptors (Lipinski definition) is 2. The average Bonchev–Trinajstić information content (AvgIpc) is 2.70. The van der Waals surface area contributed by atoms with E-state index in [-0.39, 0.29) is 6.04 Å². The molecule has 3 nitrogen and oxygen atoms in total. The molecule has 0 amide bonds. The van der Waals surface area contributed by atoms with Crippen LogP contribution in [0.25, 0.3) is 5.52 Å². The molecular formula is C15H23N3. The summed E-state index contributed by atoms with van der Waals surface area (Å²) in [5.41, 5.74) is 8.95. The van der Waals surface area contributed by atoms with Gasteiger partial charge in [-0.15, -0.1) is 0 Å². The lowest BCUT2D eigenvalue weighted by atomic mass is 9.88. The molecule has 0 aliphatic heterocycles. The highest BCUT2D eigenvalue weighted by molar-refractivity contribution is 5.54. The molecule has 1 unspecified atom stereocenters. The predicted octanol–water partition coefficient (Wildman–Crippen LogP) is 3.55. The normalized spacial score (nSPS) is 14.0. The monoisotopic (exact) mass is 245 g/mol. The van der Waals surface area contributed by atoms with E-state index in [1.165, 1.54) is 6.42 Å². The van der Waals surface area contributed by atoms with Crippen molar-refractivity contribution < 1.29 is 0 Å². The summed E-state index contributed by atoms with van der Waals surface area (Å²) in [5, 5.41) is 4.33. The zero-order valence-corrected chi connectivity index (χ0v) is 11.6. The maximum atomic E-state index is 6.28. The van der Waals surface area contributed by atoms with Crippen molar-refractivity contribution in [2.24, 2.45) is 11.1 Å². The van der Waals surface area contributed by atoms with Crippen LogP contribution >= 0.6 is 0 Å². The maximum Gasteiger partial charge on any atom is 0.0709 e. The summed E-state index contributed by atoms with van der Waals surface area (Å²) in [6.45, 7) is 6.82. The average molecular weight is 245 g/mol. The van der Waals surface area contributed by atoms with E-state index in [0.717, 1.165) is 23.9 Å². The molecule has 98 valence electrons. The van der Waals surface area contributed by atoms with E-state index in [4.69, 9.17) is 5.73 Å². The van der Waals surface area contributed by atoms with Gasteiger partial charge >= 0.3 is 0 Å². The minimum absolute atomic E-state index is 0.0900. The first-order chi connectivity index (χ1) is 8.47. The van der Waals surface area contributed by atoms with E-state index in [0.29, 0.717) is 5.41 Å². The van der Waals surface area contributed by atoms with Crippen LogP contribution in [-0.2, 0) is 0 Å². The highest BCUT2D eigenvalue weighted by Crippen LogP contribution is 2.26. The molecular weight excluding hydrogens is 222 g/mol. The van der Waals surface area contributed by atoms with Gasteiger partial charge in [-0.2, -0.15) is 5.10 Å². The largest absolute Gasteiger partial charge is 0.324 e. The molecule has 1 atom stereocenters. The van der Waals surface area contributed by atoms with Crippen LogP contribution in [0.15, 0.2) is 30.6 Å². The molecule has 0 saturated carbocycles. The van der Waals surface area contributed by atoms with Crippen molar-refractivity contribution in [2.75, 3.05) is 0 Å². The predicted molar refractivity (Wildman–Crippen MR) is 75.4 cm³/mol. The molecule has 2 rings (SSSR count). The van der Waals surface area contributed by atoms with Gasteiger partial charge in [-0.3, -0.25) is 0 Å². The Morgan fingerprint density at radius 1 is 1.33 bits per heavy atom. The molecule has 0 bridgehead atoms. The molecule has 0 aliphatic rings. The van der Waals surface area contributed by atoms with Crippen LogP contribution < -0.4 is 5.73 Å². The molecule has 18 heavy (non-hydrogen) atoms. The van der Waals surface area contributed by atoms with Crippen LogP contribution in [0.1, 0.15) is 51.6 Å². The topological polar surface area (TPSA) is 43.3 Å². The van der Waals surface area contributed by atoms with Gasteiger partial charge in [0.2, 0.25) is 0 Å². The number of pyridine rings is 1. The first-order valence-corrected chi connectivity index (χ1v) is 6.65. The molecule has 3 heteroatoms. The van der Waals surface area contributed by atoms with Gasteiger partial charge in [0.25, 0.3) is 0 Å². The third-order valence-electron chi connectivity index (χ3n) is 3.30. The fourth-order valence-corrected chi connectivity index (χ4v) is 2.25. The van der Waals surface area contributed by atoms with Crippen LogP contribution in [0.2, 0.25) is 0 Å². The van der Waals surface area contributed by atoms with Gasteiger partial charge in [0.05, 0.1) is 11.7 Å². The molecule has 0 aromatic carbocycles. The third kappa shape index (κ3) is 3.10. The third-order valence-corrected chi connectivity index (χ3v) is 3.30. The highest BCUT2D eigenvalue weighted by Gasteiger charge is 2.14. The lowest BCUT2D eigenvalue weighted by Crippen LogP contribution is -2.12. The van der Waals surface area contributed by atoms with Crippen molar-refractivity contribution >= 4 is 5.52 Å². The van der Waals surface area contributed by atoms with Crippen LogP contribution in [0, 0.1) is 5.41 Å². The SMILES string of the molecule is CC(C)(C)CCCC(N)c1cnn2ccccc12. The quantitative estimate of drug-likeness (QED) is 0.895. The Balaban J connectivity index is 2.03. The molecule has 2 aromatic heterocycles. The van der Waals surface area contributed by atoms with Gasteiger partial charge < -0.3 is 5.73 Å². The lowest BCUT2D eigenvalue weighted by Gasteiger charge is -2.19. The van der Waals surface area contributed by atoms with E-state index in [2.05, 4.69) is 31.9 Å². The molecule has 0 saturated heterocycles. The highest BCUT2D eigenvalue weighted by atomic mass is 15.2. The van der Waals surface area contributed by atoms with Crippen molar-refractivity contribution in [1.82, 2.24) is 9.61 Å². The van der Waals surface area contributed by atoms with Gasteiger partial charge in [-0.1, -0.05) is 33.3 Å². The molecule has 2 heterocycles. The number of fused-ring (bicyclic) bond motifs is 1. The molecule has 0 aliphatic carbocycles.